The van der Waals surface area contributed by atoms with Crippen molar-refractivity contribution in [2.45, 2.75) is 13.5 Å². The average Bonchev–Trinajstić information content (AvgIpc) is 2.56. The number of pyridine rings is 1. The van der Waals surface area contributed by atoms with E-state index in [1.54, 1.807) is 6.07 Å². The third-order valence-electron chi connectivity index (χ3n) is 4.32. The predicted molar refractivity (Wildman–Crippen MR) is 94.4 cm³/mol. The molecule has 1 saturated heterocycles. The Morgan fingerprint density at radius 3 is 2.62 bits per heavy atom. The fraction of sp³-hybridized carbons (Fsp3) is 0.389. The van der Waals surface area contributed by atoms with E-state index in [9.17, 15) is 4.39 Å². The number of ether oxygens (including phenoxy) is 1. The lowest BCUT2D eigenvalue weighted by atomic mass is 10.1. The molecule has 1 aliphatic rings. The molecule has 1 aliphatic heterocycles. The molecule has 0 radical (unpaired) electrons. The Balaban J connectivity index is 1.63. The lowest BCUT2D eigenvalue weighted by Crippen LogP contribution is -2.46. The van der Waals surface area contributed by atoms with Gasteiger partial charge in [0, 0.05) is 38.9 Å². The standard InChI is InChI=1S/C18H21ClFN3O/c1-13-4-3-5-21-18(13)23-8-6-22(7-9-23)12-14-10-15(19)17(24-2)16(20)11-14/h3-5,10-11H,6-9,12H2,1-2H3. The molecule has 3 rings (SSSR count). The van der Waals surface area contributed by atoms with Gasteiger partial charge in [-0.25, -0.2) is 9.37 Å². The molecule has 0 aliphatic carbocycles. The van der Waals surface area contributed by atoms with E-state index in [0.717, 1.165) is 37.6 Å². The van der Waals surface area contributed by atoms with Crippen LogP contribution in [-0.2, 0) is 6.54 Å². The molecule has 0 saturated carbocycles. The van der Waals surface area contributed by atoms with Crippen LogP contribution in [-0.4, -0.2) is 43.2 Å². The highest BCUT2D eigenvalue weighted by atomic mass is 35.5. The van der Waals surface area contributed by atoms with Crippen LogP contribution in [0.3, 0.4) is 0 Å². The van der Waals surface area contributed by atoms with Gasteiger partial charge in [-0.1, -0.05) is 17.7 Å². The zero-order valence-electron chi connectivity index (χ0n) is 13.9. The van der Waals surface area contributed by atoms with Crippen LogP contribution in [0.5, 0.6) is 5.75 Å². The molecule has 1 aromatic carbocycles. The summed E-state index contributed by atoms with van der Waals surface area (Å²) in [4.78, 5) is 9.08. The number of aryl methyl sites for hydroxylation is 1. The van der Waals surface area contributed by atoms with Crippen LogP contribution in [0.4, 0.5) is 10.2 Å². The van der Waals surface area contributed by atoms with Gasteiger partial charge in [-0.3, -0.25) is 4.90 Å². The molecule has 0 atom stereocenters. The number of anilines is 1. The fourth-order valence-corrected chi connectivity index (χ4v) is 3.39. The highest BCUT2D eigenvalue weighted by molar-refractivity contribution is 6.32. The average molecular weight is 350 g/mol. The van der Waals surface area contributed by atoms with E-state index in [1.165, 1.54) is 18.7 Å². The Labute approximate surface area is 146 Å². The van der Waals surface area contributed by atoms with Gasteiger partial charge >= 0.3 is 0 Å². The first kappa shape index (κ1) is 17.0. The third-order valence-corrected chi connectivity index (χ3v) is 4.60. The summed E-state index contributed by atoms with van der Waals surface area (Å²) in [6.07, 6.45) is 1.83. The van der Waals surface area contributed by atoms with Crippen LogP contribution in [0.1, 0.15) is 11.1 Å². The number of methoxy groups -OCH3 is 1. The summed E-state index contributed by atoms with van der Waals surface area (Å²) in [5, 5.41) is 0.315. The van der Waals surface area contributed by atoms with Crippen LogP contribution < -0.4 is 9.64 Å². The molecule has 0 N–H and O–H groups in total. The molecule has 1 fully saturated rings. The molecule has 24 heavy (non-hydrogen) atoms. The maximum Gasteiger partial charge on any atom is 0.173 e. The van der Waals surface area contributed by atoms with E-state index in [1.807, 2.05) is 12.3 Å². The lowest BCUT2D eigenvalue weighted by Gasteiger charge is -2.36. The smallest absolute Gasteiger partial charge is 0.173 e. The maximum absolute atomic E-state index is 13.9. The molecule has 0 amide bonds. The molecule has 128 valence electrons. The molecular weight excluding hydrogens is 329 g/mol. The van der Waals surface area contributed by atoms with E-state index in [0.29, 0.717) is 11.6 Å². The zero-order valence-corrected chi connectivity index (χ0v) is 14.7. The number of nitrogens with zero attached hydrogens (tertiary/aromatic N) is 3. The molecule has 4 nitrogen and oxygen atoms in total. The number of piperazine rings is 1. The van der Waals surface area contributed by atoms with E-state index in [4.69, 9.17) is 16.3 Å². The highest BCUT2D eigenvalue weighted by Crippen LogP contribution is 2.29. The molecule has 1 aromatic heterocycles. The van der Waals surface area contributed by atoms with Crippen molar-refractivity contribution in [2.24, 2.45) is 0 Å². The number of hydrogen-bond acceptors (Lipinski definition) is 4. The van der Waals surface area contributed by atoms with Gasteiger partial charge in [0.05, 0.1) is 12.1 Å². The number of aromatic nitrogens is 1. The molecule has 0 bridgehead atoms. The first-order chi connectivity index (χ1) is 11.6. The van der Waals surface area contributed by atoms with E-state index >= 15 is 0 Å². The molecule has 2 aromatic rings. The second-order valence-corrected chi connectivity index (χ2v) is 6.41. The van der Waals surface area contributed by atoms with Crippen molar-refractivity contribution >= 4 is 17.4 Å². The summed E-state index contributed by atoms with van der Waals surface area (Å²) in [5.74, 6) is 0.745. The summed E-state index contributed by atoms with van der Waals surface area (Å²) >= 11 is 6.07. The van der Waals surface area contributed by atoms with Crippen LogP contribution in [0.2, 0.25) is 5.02 Å². The van der Waals surface area contributed by atoms with Crippen LogP contribution in [0, 0.1) is 12.7 Å². The monoisotopic (exact) mass is 349 g/mol. The summed E-state index contributed by atoms with van der Waals surface area (Å²) in [6, 6.07) is 7.31. The fourth-order valence-electron chi connectivity index (χ4n) is 3.08. The van der Waals surface area contributed by atoms with Gasteiger partial charge in [-0.05, 0) is 36.2 Å². The van der Waals surface area contributed by atoms with Gasteiger partial charge in [0.2, 0.25) is 0 Å². The molecule has 0 unspecified atom stereocenters. The van der Waals surface area contributed by atoms with Crippen molar-refractivity contribution < 1.29 is 9.13 Å². The second kappa shape index (κ2) is 7.36. The Kier molecular flexibility index (Phi) is 5.21. The van der Waals surface area contributed by atoms with Crippen molar-refractivity contribution in [3.8, 4) is 5.75 Å². The molecule has 6 heteroatoms. The van der Waals surface area contributed by atoms with Gasteiger partial charge in [-0.15, -0.1) is 0 Å². The summed E-state index contributed by atoms with van der Waals surface area (Å²) in [5.41, 5.74) is 2.05. The zero-order chi connectivity index (χ0) is 17.1. The van der Waals surface area contributed by atoms with Crippen LogP contribution in [0.25, 0.3) is 0 Å². The quantitative estimate of drug-likeness (QED) is 0.844. The van der Waals surface area contributed by atoms with E-state index in [2.05, 4.69) is 27.8 Å². The SMILES string of the molecule is COc1c(F)cc(CN2CCN(c3ncccc3C)CC2)cc1Cl. The van der Waals surface area contributed by atoms with E-state index < -0.39 is 5.82 Å². The third kappa shape index (κ3) is 3.62. The minimum Gasteiger partial charge on any atom is -0.492 e. The van der Waals surface area contributed by atoms with Gasteiger partial charge < -0.3 is 9.64 Å². The number of hydrogen-bond donors (Lipinski definition) is 0. The first-order valence-electron chi connectivity index (χ1n) is 7.99. The molecule has 2 heterocycles. The topological polar surface area (TPSA) is 28.6 Å². The summed E-state index contributed by atoms with van der Waals surface area (Å²) in [6.45, 7) is 6.38. The Morgan fingerprint density at radius 2 is 2.00 bits per heavy atom. The minimum absolute atomic E-state index is 0.107. The largest absolute Gasteiger partial charge is 0.492 e. The summed E-state index contributed by atoms with van der Waals surface area (Å²) in [7, 11) is 1.42. The van der Waals surface area contributed by atoms with Gasteiger partial charge in [-0.2, -0.15) is 0 Å². The molecule has 0 spiro atoms. The predicted octanol–water partition coefficient (Wildman–Crippen LogP) is 3.51. The lowest BCUT2D eigenvalue weighted by molar-refractivity contribution is 0.248. The van der Waals surface area contributed by atoms with Crippen molar-refractivity contribution in [2.75, 3.05) is 38.2 Å². The second-order valence-electron chi connectivity index (χ2n) is 6.00. The normalized spacial score (nSPS) is 15.6. The van der Waals surface area contributed by atoms with Gasteiger partial charge in [0.1, 0.15) is 5.82 Å². The Bertz CT molecular complexity index is 694. The van der Waals surface area contributed by atoms with Crippen molar-refractivity contribution in [3.63, 3.8) is 0 Å². The Hall–Kier alpha value is -1.85. The number of halogens is 2. The number of rotatable bonds is 4. The summed E-state index contributed by atoms with van der Waals surface area (Å²) < 4.78 is 18.9. The minimum atomic E-state index is -0.414. The van der Waals surface area contributed by atoms with Crippen LogP contribution in [0.15, 0.2) is 30.5 Å². The van der Waals surface area contributed by atoms with Crippen LogP contribution >= 0.6 is 11.6 Å². The van der Waals surface area contributed by atoms with Crippen molar-refractivity contribution in [1.82, 2.24) is 9.88 Å². The molecular formula is C18H21ClFN3O. The first-order valence-corrected chi connectivity index (χ1v) is 8.37. The van der Waals surface area contributed by atoms with Crippen molar-refractivity contribution in [1.29, 1.82) is 0 Å². The van der Waals surface area contributed by atoms with Gasteiger partial charge in [0.25, 0.3) is 0 Å². The highest BCUT2D eigenvalue weighted by Gasteiger charge is 2.20. The maximum atomic E-state index is 13.9. The van der Waals surface area contributed by atoms with Crippen molar-refractivity contribution in [3.05, 3.63) is 52.4 Å². The Morgan fingerprint density at radius 1 is 1.25 bits per heavy atom. The van der Waals surface area contributed by atoms with E-state index in [-0.39, 0.29) is 5.75 Å². The number of benzene rings is 1. The van der Waals surface area contributed by atoms with Gasteiger partial charge in [0.15, 0.2) is 11.6 Å².